The van der Waals surface area contributed by atoms with E-state index in [0.29, 0.717) is 22.3 Å². The molecule has 0 aliphatic carbocycles. The van der Waals surface area contributed by atoms with E-state index in [9.17, 15) is 4.79 Å². The molecule has 4 rings (SSSR count). The van der Waals surface area contributed by atoms with Gasteiger partial charge in [0, 0.05) is 5.56 Å². The molecule has 138 valence electrons. The SMILES string of the molecule is COc1ccc(N/N=C(/C(=O)c2ccccc2)n2nnc3ccccc32)cc1. The van der Waals surface area contributed by atoms with Gasteiger partial charge in [0.05, 0.1) is 18.3 Å². The molecule has 0 spiro atoms. The third-order valence-corrected chi connectivity index (χ3v) is 4.17. The van der Waals surface area contributed by atoms with Crippen LogP contribution in [0.15, 0.2) is 84.0 Å². The van der Waals surface area contributed by atoms with E-state index < -0.39 is 0 Å². The number of benzene rings is 3. The van der Waals surface area contributed by atoms with Crippen molar-refractivity contribution < 1.29 is 9.53 Å². The Morgan fingerprint density at radius 2 is 1.68 bits per heavy atom. The fraction of sp³-hybridized carbons (Fsp3) is 0.0476. The van der Waals surface area contributed by atoms with Gasteiger partial charge in [0.15, 0.2) is 0 Å². The van der Waals surface area contributed by atoms with Crippen LogP contribution >= 0.6 is 0 Å². The van der Waals surface area contributed by atoms with Crippen LogP contribution in [0.1, 0.15) is 10.4 Å². The number of Topliss-reactive ketones (excluding diaryl/α,β-unsaturated/α-hetero) is 1. The van der Waals surface area contributed by atoms with Crippen molar-refractivity contribution >= 4 is 28.3 Å². The van der Waals surface area contributed by atoms with Gasteiger partial charge in [0.1, 0.15) is 11.3 Å². The minimum absolute atomic E-state index is 0.121. The van der Waals surface area contributed by atoms with Gasteiger partial charge >= 0.3 is 0 Å². The van der Waals surface area contributed by atoms with Gasteiger partial charge in [-0.05, 0) is 36.4 Å². The summed E-state index contributed by atoms with van der Waals surface area (Å²) in [6, 6.07) is 23.6. The lowest BCUT2D eigenvalue weighted by Crippen LogP contribution is -2.25. The summed E-state index contributed by atoms with van der Waals surface area (Å²) in [5.74, 6) is 0.588. The molecule has 1 aromatic heterocycles. The van der Waals surface area contributed by atoms with Crippen LogP contribution in [0.4, 0.5) is 5.69 Å². The van der Waals surface area contributed by atoms with E-state index in [4.69, 9.17) is 4.74 Å². The molecular weight excluding hydrogens is 354 g/mol. The number of nitrogens with one attached hydrogen (secondary N) is 1. The van der Waals surface area contributed by atoms with Crippen molar-refractivity contribution in [1.29, 1.82) is 0 Å². The van der Waals surface area contributed by atoms with Crippen molar-refractivity contribution in [3.63, 3.8) is 0 Å². The summed E-state index contributed by atoms with van der Waals surface area (Å²) in [4.78, 5) is 13.1. The number of nitrogens with zero attached hydrogens (tertiary/aromatic N) is 4. The van der Waals surface area contributed by atoms with Crippen molar-refractivity contribution in [3.8, 4) is 5.75 Å². The number of carbonyl (C=O) groups is 1. The number of hydrogen-bond acceptors (Lipinski definition) is 6. The summed E-state index contributed by atoms with van der Waals surface area (Å²) in [7, 11) is 1.60. The monoisotopic (exact) mass is 371 g/mol. The maximum Gasteiger partial charge on any atom is 0.232 e. The quantitative estimate of drug-likeness (QED) is 0.251. The average Bonchev–Trinajstić information content (AvgIpc) is 3.19. The lowest BCUT2D eigenvalue weighted by molar-refractivity contribution is 0.106. The lowest BCUT2D eigenvalue weighted by Gasteiger charge is -2.08. The molecule has 4 aromatic rings. The molecule has 0 aliphatic rings. The van der Waals surface area contributed by atoms with Crippen LogP contribution in [0.25, 0.3) is 11.0 Å². The lowest BCUT2D eigenvalue weighted by atomic mass is 10.1. The highest BCUT2D eigenvalue weighted by atomic mass is 16.5. The highest BCUT2D eigenvalue weighted by molar-refractivity contribution is 6.46. The Hall–Kier alpha value is -4.00. The van der Waals surface area contributed by atoms with E-state index in [1.165, 1.54) is 4.68 Å². The Morgan fingerprint density at radius 1 is 0.964 bits per heavy atom. The summed E-state index contributed by atoms with van der Waals surface area (Å²) in [6.45, 7) is 0. The zero-order valence-electron chi connectivity index (χ0n) is 15.1. The Kier molecular flexibility index (Phi) is 4.79. The predicted molar refractivity (Wildman–Crippen MR) is 108 cm³/mol. The van der Waals surface area contributed by atoms with Crippen LogP contribution < -0.4 is 10.2 Å². The molecule has 3 aromatic carbocycles. The third-order valence-electron chi connectivity index (χ3n) is 4.17. The van der Waals surface area contributed by atoms with Crippen molar-refractivity contribution in [2.45, 2.75) is 0 Å². The first-order valence-electron chi connectivity index (χ1n) is 8.64. The van der Waals surface area contributed by atoms with Crippen LogP contribution in [0.5, 0.6) is 5.75 Å². The molecule has 28 heavy (non-hydrogen) atoms. The minimum Gasteiger partial charge on any atom is -0.497 e. The molecule has 0 aliphatic heterocycles. The molecule has 0 amide bonds. The topological polar surface area (TPSA) is 81.4 Å². The van der Waals surface area contributed by atoms with Gasteiger partial charge in [-0.15, -0.1) is 5.10 Å². The highest BCUT2D eigenvalue weighted by Crippen LogP contribution is 2.16. The maximum absolute atomic E-state index is 13.1. The second-order valence-electron chi connectivity index (χ2n) is 5.96. The van der Waals surface area contributed by atoms with Crippen LogP contribution in [-0.2, 0) is 0 Å². The Labute approximate surface area is 161 Å². The predicted octanol–water partition coefficient (Wildman–Crippen LogP) is 3.60. The molecule has 7 heteroatoms. The smallest absolute Gasteiger partial charge is 0.232 e. The normalized spacial score (nSPS) is 11.4. The number of hydrazone groups is 1. The van der Waals surface area contributed by atoms with E-state index in [1.54, 1.807) is 43.5 Å². The molecule has 0 saturated heterocycles. The number of rotatable bonds is 5. The van der Waals surface area contributed by atoms with Gasteiger partial charge in [0.2, 0.25) is 11.6 Å². The molecule has 1 N–H and O–H groups in total. The molecule has 0 saturated carbocycles. The third kappa shape index (κ3) is 3.45. The number of aromatic nitrogens is 3. The minimum atomic E-state index is -0.266. The molecule has 1 heterocycles. The van der Waals surface area contributed by atoms with Crippen molar-refractivity contribution in [3.05, 3.63) is 84.4 Å². The maximum atomic E-state index is 13.1. The van der Waals surface area contributed by atoms with Gasteiger partial charge < -0.3 is 4.74 Å². The number of fused-ring (bicyclic) bond motifs is 1. The molecule has 7 nitrogen and oxygen atoms in total. The average molecular weight is 371 g/mol. The van der Waals surface area contributed by atoms with Crippen LogP contribution in [-0.4, -0.2) is 33.7 Å². The molecule has 0 radical (unpaired) electrons. The fourth-order valence-corrected chi connectivity index (χ4v) is 2.72. The van der Waals surface area contributed by atoms with Crippen molar-refractivity contribution in [1.82, 2.24) is 15.0 Å². The summed E-state index contributed by atoms with van der Waals surface area (Å²) in [5.41, 5.74) is 5.52. The first-order chi connectivity index (χ1) is 13.8. The number of ether oxygens (including phenoxy) is 1. The largest absolute Gasteiger partial charge is 0.497 e. The van der Waals surface area contributed by atoms with Gasteiger partial charge in [-0.2, -0.15) is 9.78 Å². The number of anilines is 1. The van der Waals surface area contributed by atoms with Crippen molar-refractivity contribution in [2.75, 3.05) is 12.5 Å². The van der Waals surface area contributed by atoms with Crippen molar-refractivity contribution in [2.24, 2.45) is 5.10 Å². The fourth-order valence-electron chi connectivity index (χ4n) is 2.72. The van der Waals surface area contributed by atoms with Crippen LogP contribution in [0.3, 0.4) is 0 Å². The molecule has 0 atom stereocenters. The van der Waals surface area contributed by atoms with E-state index in [-0.39, 0.29) is 11.6 Å². The van der Waals surface area contributed by atoms with Gasteiger partial charge in [-0.3, -0.25) is 10.2 Å². The van der Waals surface area contributed by atoms with E-state index >= 15 is 0 Å². The van der Waals surface area contributed by atoms with Crippen LogP contribution in [0.2, 0.25) is 0 Å². The van der Waals surface area contributed by atoms with Gasteiger partial charge in [0.25, 0.3) is 0 Å². The first kappa shape index (κ1) is 17.4. The summed E-state index contributed by atoms with van der Waals surface area (Å²) in [5, 5.41) is 12.6. The highest BCUT2D eigenvalue weighted by Gasteiger charge is 2.20. The second kappa shape index (κ2) is 7.71. The molecule has 0 fully saturated rings. The van der Waals surface area contributed by atoms with Gasteiger partial charge in [-0.1, -0.05) is 47.7 Å². The molecule has 0 unspecified atom stereocenters. The van der Waals surface area contributed by atoms with Gasteiger partial charge in [-0.25, -0.2) is 0 Å². The molecular formula is C21H17N5O2. The summed E-state index contributed by atoms with van der Waals surface area (Å²) >= 11 is 0. The summed E-state index contributed by atoms with van der Waals surface area (Å²) in [6.07, 6.45) is 0. The number of methoxy groups -OCH3 is 1. The number of hydrogen-bond donors (Lipinski definition) is 1. The summed E-state index contributed by atoms with van der Waals surface area (Å²) < 4.78 is 6.60. The Bertz CT molecular complexity index is 1130. The first-order valence-corrected chi connectivity index (χ1v) is 8.64. The van der Waals surface area contributed by atoms with E-state index in [1.807, 2.05) is 42.5 Å². The van der Waals surface area contributed by atoms with E-state index in [2.05, 4.69) is 20.8 Å². The molecule has 0 bridgehead atoms. The number of ketones is 1. The van der Waals surface area contributed by atoms with E-state index in [0.717, 1.165) is 5.75 Å². The Morgan fingerprint density at radius 3 is 2.43 bits per heavy atom. The number of carbonyl (C=O) groups excluding carboxylic acids is 1. The Balaban J connectivity index is 1.75. The zero-order chi connectivity index (χ0) is 19.3. The standard InChI is InChI=1S/C21H17N5O2/c1-28-17-13-11-16(12-14-17)22-24-21(20(27)15-7-3-2-4-8-15)26-19-10-6-5-9-18(19)23-25-26/h2-14,22H,1H3/b24-21-. The number of para-hydroxylation sites is 1. The van der Waals surface area contributed by atoms with Crippen LogP contribution in [0, 0.1) is 0 Å². The zero-order valence-corrected chi connectivity index (χ0v) is 15.1. The second-order valence-corrected chi connectivity index (χ2v) is 5.96.